The number of methoxy groups -OCH3 is 1. The van der Waals surface area contributed by atoms with E-state index in [4.69, 9.17) is 33.3 Å². The van der Waals surface area contributed by atoms with Crippen LogP contribution in [-0.2, 0) is 4.79 Å². The first-order valence-corrected chi connectivity index (χ1v) is 11.6. The highest BCUT2D eigenvalue weighted by molar-refractivity contribution is 9.10. The fourth-order valence-electron chi connectivity index (χ4n) is 2.65. The van der Waals surface area contributed by atoms with Gasteiger partial charge >= 0.3 is 0 Å². The third-order valence-corrected chi connectivity index (χ3v) is 6.26. The molecule has 0 atom stereocenters. The lowest BCUT2D eigenvalue weighted by Gasteiger charge is -2.15. The molecule has 0 radical (unpaired) electrons. The average Bonchev–Trinajstić information content (AvgIpc) is 3.00. The van der Waals surface area contributed by atoms with E-state index in [1.807, 2.05) is 13.0 Å². The van der Waals surface area contributed by atoms with Gasteiger partial charge < -0.3 is 9.47 Å². The molecule has 2 amide bonds. The second-order valence-corrected chi connectivity index (χ2v) is 9.31. The van der Waals surface area contributed by atoms with Crippen LogP contribution in [0, 0.1) is 0 Å². The fraction of sp³-hybridized carbons (Fsp3) is 0.190. The Kier molecular flexibility index (Phi) is 7.99. The van der Waals surface area contributed by atoms with E-state index in [2.05, 4.69) is 21.4 Å². The number of carbonyl (C=O) groups excluding carboxylic acids is 2. The molecule has 6 nitrogen and oxygen atoms in total. The van der Waals surface area contributed by atoms with Crippen molar-refractivity contribution in [1.82, 2.24) is 10.4 Å². The second kappa shape index (κ2) is 10.5. The Morgan fingerprint density at radius 2 is 2.03 bits per heavy atom. The van der Waals surface area contributed by atoms with Gasteiger partial charge in [0.2, 0.25) is 0 Å². The van der Waals surface area contributed by atoms with Gasteiger partial charge in [-0.15, -0.1) is 0 Å². The van der Waals surface area contributed by atoms with Crippen LogP contribution in [-0.4, -0.2) is 34.9 Å². The quantitative estimate of drug-likeness (QED) is 0.372. The van der Waals surface area contributed by atoms with E-state index in [0.29, 0.717) is 38.1 Å². The Morgan fingerprint density at radius 1 is 1.32 bits per heavy atom. The van der Waals surface area contributed by atoms with E-state index in [1.165, 1.54) is 0 Å². The van der Waals surface area contributed by atoms with E-state index in [1.54, 1.807) is 43.5 Å². The molecule has 2 aromatic carbocycles. The van der Waals surface area contributed by atoms with Crippen LogP contribution < -0.4 is 14.9 Å². The molecular formula is C21H18BrClN2O4S2. The Labute approximate surface area is 203 Å². The van der Waals surface area contributed by atoms with E-state index in [0.717, 1.165) is 28.8 Å². The topological polar surface area (TPSA) is 67.9 Å². The molecule has 162 valence electrons. The van der Waals surface area contributed by atoms with Crippen LogP contribution >= 0.6 is 51.5 Å². The van der Waals surface area contributed by atoms with Crippen molar-refractivity contribution >= 4 is 73.7 Å². The third-order valence-electron chi connectivity index (χ3n) is 4.11. The molecule has 31 heavy (non-hydrogen) atoms. The number of ether oxygens (including phenoxy) is 2. The van der Waals surface area contributed by atoms with Gasteiger partial charge in [0.15, 0.2) is 15.8 Å². The van der Waals surface area contributed by atoms with Gasteiger partial charge in [-0.1, -0.05) is 30.3 Å². The highest BCUT2D eigenvalue weighted by Crippen LogP contribution is 2.39. The van der Waals surface area contributed by atoms with Crippen molar-refractivity contribution in [3.8, 4) is 11.5 Å². The van der Waals surface area contributed by atoms with Crippen LogP contribution in [0.5, 0.6) is 11.5 Å². The minimum Gasteiger partial charge on any atom is -0.493 e. The van der Waals surface area contributed by atoms with Crippen LogP contribution in [0.4, 0.5) is 0 Å². The van der Waals surface area contributed by atoms with Crippen molar-refractivity contribution in [3.05, 3.63) is 61.9 Å². The summed E-state index contributed by atoms with van der Waals surface area (Å²) in [5.41, 5.74) is 3.62. The summed E-state index contributed by atoms with van der Waals surface area (Å²) in [6.45, 7) is 2.57. The number of nitrogens with zero attached hydrogens (tertiary/aromatic N) is 1. The lowest BCUT2D eigenvalue weighted by Crippen LogP contribution is -2.44. The second-order valence-electron chi connectivity index (χ2n) is 6.35. The first kappa shape index (κ1) is 23.6. The van der Waals surface area contributed by atoms with Crippen molar-refractivity contribution in [2.45, 2.75) is 13.3 Å². The number of amides is 2. The SMILES string of the molecule is CCCOc1c(Br)cc(/C=C2\SC(=S)N(NC(=O)c3ccc(Cl)cc3)C2=O)cc1OC. The fourth-order valence-corrected chi connectivity index (χ4v) is 4.53. The van der Waals surface area contributed by atoms with Crippen molar-refractivity contribution in [2.24, 2.45) is 0 Å². The summed E-state index contributed by atoms with van der Waals surface area (Å²) < 4.78 is 12.1. The van der Waals surface area contributed by atoms with E-state index >= 15 is 0 Å². The van der Waals surface area contributed by atoms with Crippen molar-refractivity contribution in [3.63, 3.8) is 0 Å². The van der Waals surface area contributed by atoms with Gasteiger partial charge in [-0.05, 0) is 82.6 Å². The zero-order valence-corrected chi connectivity index (χ0v) is 20.6. The van der Waals surface area contributed by atoms with Crippen LogP contribution in [0.3, 0.4) is 0 Å². The number of hydrogen-bond donors (Lipinski definition) is 1. The number of hydrazine groups is 1. The van der Waals surface area contributed by atoms with Gasteiger partial charge in [0.1, 0.15) is 0 Å². The monoisotopic (exact) mass is 540 g/mol. The zero-order chi connectivity index (χ0) is 22.5. The molecule has 1 heterocycles. The first-order chi connectivity index (χ1) is 14.8. The first-order valence-electron chi connectivity index (χ1n) is 9.19. The van der Waals surface area contributed by atoms with Crippen LogP contribution in [0.25, 0.3) is 6.08 Å². The molecule has 0 saturated carbocycles. The number of hydrogen-bond acceptors (Lipinski definition) is 6. The van der Waals surface area contributed by atoms with Gasteiger partial charge in [-0.2, -0.15) is 5.01 Å². The molecule has 0 bridgehead atoms. The van der Waals surface area contributed by atoms with Crippen LogP contribution in [0.15, 0.2) is 45.8 Å². The summed E-state index contributed by atoms with van der Waals surface area (Å²) in [7, 11) is 1.55. The summed E-state index contributed by atoms with van der Waals surface area (Å²) in [5, 5.41) is 1.58. The van der Waals surface area contributed by atoms with Crippen molar-refractivity contribution in [2.75, 3.05) is 13.7 Å². The minimum atomic E-state index is -0.462. The molecule has 2 aromatic rings. The highest BCUT2D eigenvalue weighted by atomic mass is 79.9. The maximum absolute atomic E-state index is 12.8. The van der Waals surface area contributed by atoms with Crippen LogP contribution in [0.2, 0.25) is 5.02 Å². The average molecular weight is 542 g/mol. The van der Waals surface area contributed by atoms with Crippen molar-refractivity contribution < 1.29 is 19.1 Å². The molecule has 1 saturated heterocycles. The molecule has 1 N–H and O–H groups in total. The molecule has 1 aliphatic rings. The van der Waals surface area contributed by atoms with E-state index in [-0.39, 0.29) is 4.32 Å². The highest BCUT2D eigenvalue weighted by Gasteiger charge is 2.34. The lowest BCUT2D eigenvalue weighted by molar-refractivity contribution is -0.123. The minimum absolute atomic E-state index is 0.229. The number of carbonyl (C=O) groups is 2. The molecule has 0 unspecified atom stereocenters. The van der Waals surface area contributed by atoms with Crippen molar-refractivity contribution in [1.29, 1.82) is 0 Å². The predicted molar refractivity (Wildman–Crippen MR) is 130 cm³/mol. The van der Waals surface area contributed by atoms with Crippen LogP contribution in [0.1, 0.15) is 29.3 Å². The third kappa shape index (κ3) is 5.60. The molecule has 0 aromatic heterocycles. The van der Waals surface area contributed by atoms with E-state index in [9.17, 15) is 9.59 Å². The number of thiocarbonyl (C=S) groups is 1. The summed E-state index contributed by atoms with van der Waals surface area (Å²) in [6.07, 6.45) is 2.55. The summed E-state index contributed by atoms with van der Waals surface area (Å²) in [4.78, 5) is 25.7. The van der Waals surface area contributed by atoms with Gasteiger partial charge in [-0.25, -0.2) is 0 Å². The summed E-state index contributed by atoms with van der Waals surface area (Å²) >= 11 is 15.7. The smallest absolute Gasteiger partial charge is 0.285 e. The molecule has 10 heteroatoms. The number of rotatable bonds is 7. The Hall–Kier alpha value is -2.07. The van der Waals surface area contributed by atoms with Gasteiger partial charge in [-0.3, -0.25) is 15.0 Å². The Morgan fingerprint density at radius 3 is 2.68 bits per heavy atom. The van der Waals surface area contributed by atoms with E-state index < -0.39 is 11.8 Å². The summed E-state index contributed by atoms with van der Waals surface area (Å²) in [6, 6.07) is 9.93. The lowest BCUT2D eigenvalue weighted by atomic mass is 10.2. The Balaban J connectivity index is 1.80. The number of benzene rings is 2. The summed E-state index contributed by atoms with van der Waals surface area (Å²) in [5.74, 6) is 0.264. The Bertz CT molecular complexity index is 1060. The maximum atomic E-state index is 12.8. The van der Waals surface area contributed by atoms with Gasteiger partial charge in [0, 0.05) is 10.6 Å². The predicted octanol–water partition coefficient (Wildman–Crippen LogP) is 5.45. The molecule has 3 rings (SSSR count). The zero-order valence-electron chi connectivity index (χ0n) is 16.6. The molecule has 1 fully saturated rings. The number of thioether (sulfide) groups is 1. The van der Waals surface area contributed by atoms with Gasteiger partial charge in [0.05, 0.1) is 23.1 Å². The standard InChI is InChI=1S/C21H18BrClN2O4S2/c1-3-8-29-18-15(22)9-12(10-16(18)28-2)11-17-20(27)25(21(30)31-17)24-19(26)13-4-6-14(23)7-5-13/h4-7,9-11H,3,8H2,1-2H3,(H,24,26)/b17-11-. The number of halogens is 2. The molecule has 0 aliphatic carbocycles. The molecule has 1 aliphatic heterocycles. The largest absolute Gasteiger partial charge is 0.493 e. The normalized spacial score (nSPS) is 14.8. The van der Waals surface area contributed by atoms with Gasteiger partial charge in [0.25, 0.3) is 11.8 Å². The maximum Gasteiger partial charge on any atom is 0.285 e. The molecular weight excluding hydrogens is 524 g/mol. The number of nitrogens with one attached hydrogen (secondary N) is 1. The molecule has 0 spiro atoms.